The summed E-state index contributed by atoms with van der Waals surface area (Å²) < 4.78 is 52.8. The second-order valence-corrected chi connectivity index (χ2v) is 16.3. The van der Waals surface area contributed by atoms with Crippen molar-refractivity contribution in [3.63, 3.8) is 0 Å². The van der Waals surface area contributed by atoms with Crippen LogP contribution in [0.4, 0.5) is 0 Å². The van der Waals surface area contributed by atoms with E-state index in [2.05, 4.69) is 138 Å². The molecule has 0 radical (unpaired) electrons. The highest BCUT2D eigenvalue weighted by Gasteiger charge is 2.19. The predicted octanol–water partition coefficient (Wildman–Crippen LogP) is 11.8. The fourth-order valence-electron chi connectivity index (χ4n) is 7.69. The van der Waals surface area contributed by atoms with Crippen molar-refractivity contribution in [2.24, 2.45) is 28.2 Å². The lowest BCUT2D eigenvalue weighted by molar-refractivity contribution is -0.666. The van der Waals surface area contributed by atoms with Gasteiger partial charge in [0.05, 0.1) is 0 Å². The Labute approximate surface area is 381 Å². The van der Waals surface area contributed by atoms with Crippen molar-refractivity contribution in [1.29, 1.82) is 0 Å². The number of aromatic nitrogens is 4. The van der Waals surface area contributed by atoms with Crippen LogP contribution in [0.5, 0.6) is 0 Å². The Kier molecular flexibility index (Phi) is 13.2. The summed E-state index contributed by atoms with van der Waals surface area (Å²) in [7, 11) is 7.88. The highest BCUT2D eigenvalue weighted by atomic mass is 14.9. The molecule has 8 rings (SSSR count). The van der Waals surface area contributed by atoms with Crippen LogP contribution in [0.1, 0.15) is 64.0 Å². The van der Waals surface area contributed by atoms with Gasteiger partial charge < -0.3 is 0 Å². The van der Waals surface area contributed by atoms with Crippen LogP contribution in [-0.4, -0.2) is 0 Å². The van der Waals surface area contributed by atoms with E-state index < -0.39 is 13.7 Å². The van der Waals surface area contributed by atoms with Crippen molar-refractivity contribution in [2.45, 2.75) is 69.1 Å². The first-order chi connectivity index (χ1) is 32.0. The lowest BCUT2D eigenvalue weighted by Gasteiger charge is -2.10. The molecule has 0 bridgehead atoms. The fourth-order valence-corrected chi connectivity index (χ4v) is 7.69. The molecule has 316 valence electrons. The minimum absolute atomic E-state index is 0.350. The van der Waals surface area contributed by atoms with E-state index in [9.17, 15) is 0 Å². The van der Waals surface area contributed by atoms with E-state index >= 15 is 0 Å². The molecular weight excluding hydrogens is 753 g/mol. The van der Waals surface area contributed by atoms with E-state index in [1.807, 2.05) is 86.1 Å². The summed E-state index contributed by atoms with van der Waals surface area (Å²) >= 11 is 0. The van der Waals surface area contributed by atoms with Crippen LogP contribution in [0.25, 0.3) is 45.0 Å². The van der Waals surface area contributed by atoms with Gasteiger partial charge in [0.15, 0.2) is 24.3 Å². The smallest absolute Gasteiger partial charge is 0.201 e. The molecule has 4 aromatic heterocycles. The molecule has 0 saturated carbocycles. The number of benzene rings is 4. The molecule has 0 fully saturated rings. The van der Waals surface area contributed by atoms with Gasteiger partial charge in [0, 0.05) is 84.4 Å². The molecule has 4 aromatic carbocycles. The molecule has 4 heterocycles. The molecule has 8 aromatic rings. The van der Waals surface area contributed by atoms with Gasteiger partial charge in [-0.3, -0.25) is 0 Å². The topological polar surface area (TPSA) is 15.5 Å². The standard InChI is InChI=1S/C16H20N.3C14H16N/c1-11-8-6-7-9-15(11)16-14(4)13(3)12(2)10-17(16)5;1-11-7-4-5-9-13(11)14-10-6-8-12(2)15(14)3;1-11-8-9-15(3)14(10-11)13-7-5-4-6-12(13)2;1-11-8-9-14(15(3)10-11)13-7-5-4-6-12(13)2/h6-10H,1-5H3;3*4-10H,1-3H3/q4*+1/i;2D3;;1D3. The van der Waals surface area contributed by atoms with Crippen LogP contribution in [0.2, 0.25) is 0 Å². The van der Waals surface area contributed by atoms with Gasteiger partial charge in [0.1, 0.15) is 28.2 Å². The Bertz CT molecular complexity index is 3020. The molecule has 0 atom stereocenters. The summed E-state index contributed by atoms with van der Waals surface area (Å²) in [4.78, 5) is 0. The molecule has 0 aliphatic carbocycles. The maximum absolute atomic E-state index is 7.54. The van der Waals surface area contributed by atoms with Gasteiger partial charge in [0.2, 0.25) is 22.8 Å². The normalized spacial score (nSPS) is 12.3. The van der Waals surface area contributed by atoms with Crippen LogP contribution < -0.4 is 18.3 Å². The Morgan fingerprint density at radius 1 is 0.371 bits per heavy atom. The van der Waals surface area contributed by atoms with Gasteiger partial charge >= 0.3 is 0 Å². The lowest BCUT2D eigenvalue weighted by Crippen LogP contribution is -2.34. The van der Waals surface area contributed by atoms with Crippen LogP contribution in [0.3, 0.4) is 0 Å². The van der Waals surface area contributed by atoms with Gasteiger partial charge in [0.25, 0.3) is 0 Å². The molecule has 0 aliphatic rings. The summed E-state index contributed by atoms with van der Waals surface area (Å²) in [5.41, 5.74) is 20.4. The molecule has 4 heteroatoms. The van der Waals surface area contributed by atoms with Crippen LogP contribution in [-0.2, 0) is 28.2 Å². The summed E-state index contributed by atoms with van der Waals surface area (Å²) in [6, 6.07) is 46.4. The van der Waals surface area contributed by atoms with E-state index in [0.717, 1.165) is 28.1 Å². The molecule has 0 saturated heterocycles. The second-order valence-electron chi connectivity index (χ2n) is 16.3. The average molecular weight is 827 g/mol. The van der Waals surface area contributed by atoms with Crippen molar-refractivity contribution in [3.05, 3.63) is 214 Å². The van der Waals surface area contributed by atoms with E-state index in [-0.39, 0.29) is 0 Å². The molecule has 4 nitrogen and oxygen atoms in total. The number of nitrogens with zero attached hydrogens (tertiary/aromatic N) is 4. The molecule has 0 aliphatic heterocycles. The van der Waals surface area contributed by atoms with E-state index in [1.54, 1.807) is 36.0 Å². The Hall–Kier alpha value is -6.52. The highest BCUT2D eigenvalue weighted by Crippen LogP contribution is 2.26. The number of pyridine rings is 4. The van der Waals surface area contributed by atoms with Crippen molar-refractivity contribution in [2.75, 3.05) is 0 Å². The average Bonchev–Trinajstić information content (AvgIpc) is 3.28. The number of hydrogen-bond donors (Lipinski definition) is 0. The molecular formula is C58H68N4+4. The first kappa shape index (κ1) is 38.4. The fraction of sp³-hybridized carbons (Fsp3) is 0.241. The molecule has 0 spiro atoms. The summed E-state index contributed by atoms with van der Waals surface area (Å²) in [5, 5.41) is 0. The first-order valence-electron chi connectivity index (χ1n) is 24.2. The zero-order valence-corrected chi connectivity index (χ0v) is 38.8. The SMILES string of the molecule is Cc1cc[n+](C)c(-c2ccccc2C)c1.Cc1ccccc1-c1c(C)c(C)c(C)c[n+]1C.[2H]C([2H])([2H])c1ccc(-c2ccccc2C)[n+](C)c1.[2H]C([2H])([2H])c1cccc(-c2ccccc2C)[n+]1C. The Balaban J connectivity index is 0.000000170. The van der Waals surface area contributed by atoms with Gasteiger partial charge in [-0.05, 0) is 132 Å². The van der Waals surface area contributed by atoms with E-state index in [0.29, 0.717) is 11.3 Å². The second kappa shape index (κ2) is 21.3. The van der Waals surface area contributed by atoms with Gasteiger partial charge in [-0.1, -0.05) is 72.8 Å². The van der Waals surface area contributed by atoms with Crippen molar-refractivity contribution < 1.29 is 26.5 Å². The van der Waals surface area contributed by atoms with Crippen molar-refractivity contribution >= 4 is 0 Å². The number of rotatable bonds is 4. The van der Waals surface area contributed by atoms with Crippen LogP contribution in [0.15, 0.2) is 158 Å². The molecule has 0 unspecified atom stereocenters. The maximum Gasteiger partial charge on any atom is 0.215 e. The van der Waals surface area contributed by atoms with Crippen LogP contribution >= 0.6 is 0 Å². The van der Waals surface area contributed by atoms with Crippen molar-refractivity contribution in [1.82, 2.24) is 0 Å². The quantitative estimate of drug-likeness (QED) is 0.157. The Morgan fingerprint density at radius 2 is 0.887 bits per heavy atom. The molecule has 0 amide bonds. The highest BCUT2D eigenvalue weighted by molar-refractivity contribution is 5.66. The third kappa shape index (κ3) is 11.4. The molecule has 0 N–H and O–H groups in total. The monoisotopic (exact) mass is 827 g/mol. The van der Waals surface area contributed by atoms with Crippen LogP contribution in [0, 0.1) is 69.1 Å². The van der Waals surface area contributed by atoms with E-state index in [1.165, 1.54) is 61.5 Å². The summed E-state index contributed by atoms with van der Waals surface area (Å²) in [5.74, 6) is 0. The molecule has 62 heavy (non-hydrogen) atoms. The zero-order chi connectivity index (χ0) is 50.1. The van der Waals surface area contributed by atoms with Gasteiger partial charge in [-0.25, -0.2) is 13.7 Å². The van der Waals surface area contributed by atoms with Gasteiger partial charge in [-0.2, -0.15) is 4.57 Å². The van der Waals surface area contributed by atoms with Gasteiger partial charge in [-0.15, -0.1) is 0 Å². The zero-order valence-electron chi connectivity index (χ0n) is 44.8. The van der Waals surface area contributed by atoms with Crippen molar-refractivity contribution in [3.8, 4) is 45.0 Å². The number of aryl methyl sites for hydroxylation is 11. The first-order valence-corrected chi connectivity index (χ1v) is 21.2. The summed E-state index contributed by atoms with van der Waals surface area (Å²) in [6.45, 7) is 13.0. The third-order valence-corrected chi connectivity index (χ3v) is 11.6. The minimum Gasteiger partial charge on any atom is -0.201 e. The Morgan fingerprint density at radius 3 is 1.40 bits per heavy atom. The minimum atomic E-state index is -2.09. The van der Waals surface area contributed by atoms with E-state index in [4.69, 9.17) is 8.22 Å². The summed E-state index contributed by atoms with van der Waals surface area (Å²) in [6.07, 6.45) is 6.00. The largest absolute Gasteiger partial charge is 0.215 e. The maximum atomic E-state index is 7.54. The predicted molar refractivity (Wildman–Crippen MR) is 260 cm³/mol. The lowest BCUT2D eigenvalue weighted by atomic mass is 9.97. The third-order valence-electron chi connectivity index (χ3n) is 11.6. The number of hydrogen-bond acceptors (Lipinski definition) is 0.